The molecule has 1 aromatic heterocycles. The van der Waals surface area contributed by atoms with E-state index in [1.54, 1.807) is 17.4 Å². The van der Waals surface area contributed by atoms with E-state index >= 15 is 0 Å². The molecular formula is C12H18ClN3O2. The number of aromatic nitrogens is 2. The molecule has 1 atom stereocenters. The standard InChI is InChI=1S/C12H18ClN3O2/c1-9(2)16-8-14-7-10(16)11(13)12(17)15-3-5-18-6-4-15/h7-9,11H,3-6H2,1-2H3. The molecule has 18 heavy (non-hydrogen) atoms. The molecule has 5 nitrogen and oxygen atoms in total. The van der Waals surface area contributed by atoms with Crippen LogP contribution in [-0.2, 0) is 9.53 Å². The highest BCUT2D eigenvalue weighted by Gasteiger charge is 2.28. The van der Waals surface area contributed by atoms with E-state index in [1.165, 1.54) is 0 Å². The minimum Gasteiger partial charge on any atom is -0.378 e. The van der Waals surface area contributed by atoms with Crippen LogP contribution >= 0.6 is 11.6 Å². The van der Waals surface area contributed by atoms with Gasteiger partial charge in [0.05, 0.1) is 31.4 Å². The Morgan fingerprint density at radius 2 is 2.11 bits per heavy atom. The Labute approximate surface area is 112 Å². The maximum atomic E-state index is 12.3. The van der Waals surface area contributed by atoms with E-state index in [1.807, 2.05) is 18.4 Å². The van der Waals surface area contributed by atoms with E-state index in [4.69, 9.17) is 16.3 Å². The van der Waals surface area contributed by atoms with Crippen LogP contribution in [0.3, 0.4) is 0 Å². The van der Waals surface area contributed by atoms with E-state index in [9.17, 15) is 4.79 Å². The number of rotatable bonds is 3. The summed E-state index contributed by atoms with van der Waals surface area (Å²) in [6.45, 7) is 6.45. The van der Waals surface area contributed by atoms with Crippen molar-refractivity contribution in [3.63, 3.8) is 0 Å². The maximum absolute atomic E-state index is 12.3. The molecule has 0 radical (unpaired) electrons. The molecule has 2 heterocycles. The Morgan fingerprint density at radius 3 is 2.72 bits per heavy atom. The van der Waals surface area contributed by atoms with E-state index < -0.39 is 5.38 Å². The first-order valence-electron chi connectivity index (χ1n) is 6.13. The van der Waals surface area contributed by atoms with Crippen LogP contribution in [0.5, 0.6) is 0 Å². The largest absolute Gasteiger partial charge is 0.378 e. The van der Waals surface area contributed by atoms with Gasteiger partial charge in [-0.25, -0.2) is 4.98 Å². The number of carbonyl (C=O) groups is 1. The minimum atomic E-state index is -0.673. The number of hydrogen-bond donors (Lipinski definition) is 0. The molecule has 0 bridgehead atoms. The second-order valence-corrected chi connectivity index (χ2v) is 5.06. The molecular weight excluding hydrogens is 254 g/mol. The molecule has 6 heteroatoms. The Kier molecular flexibility index (Phi) is 4.24. The van der Waals surface area contributed by atoms with Gasteiger partial charge in [-0.05, 0) is 13.8 Å². The lowest BCUT2D eigenvalue weighted by atomic mass is 10.2. The van der Waals surface area contributed by atoms with Crippen molar-refractivity contribution in [3.05, 3.63) is 18.2 Å². The lowest BCUT2D eigenvalue weighted by molar-refractivity contribution is -0.135. The number of amides is 1. The number of halogens is 1. The summed E-state index contributed by atoms with van der Waals surface area (Å²) in [6, 6.07) is 0.237. The highest BCUT2D eigenvalue weighted by Crippen LogP contribution is 2.25. The highest BCUT2D eigenvalue weighted by atomic mass is 35.5. The van der Waals surface area contributed by atoms with Crippen LogP contribution in [-0.4, -0.2) is 46.7 Å². The van der Waals surface area contributed by atoms with Crippen molar-refractivity contribution in [2.24, 2.45) is 0 Å². The van der Waals surface area contributed by atoms with Crippen molar-refractivity contribution in [3.8, 4) is 0 Å². The molecule has 100 valence electrons. The third-order valence-electron chi connectivity index (χ3n) is 3.05. The van der Waals surface area contributed by atoms with Gasteiger partial charge in [0.1, 0.15) is 0 Å². The van der Waals surface area contributed by atoms with Gasteiger partial charge in [-0.3, -0.25) is 4.79 Å². The minimum absolute atomic E-state index is 0.0673. The van der Waals surface area contributed by atoms with Gasteiger partial charge in [0.2, 0.25) is 5.91 Å². The van der Waals surface area contributed by atoms with Crippen LogP contribution in [0, 0.1) is 0 Å². The molecule has 0 aromatic carbocycles. The third kappa shape index (κ3) is 2.67. The van der Waals surface area contributed by atoms with Crippen LogP contribution < -0.4 is 0 Å². The van der Waals surface area contributed by atoms with Gasteiger partial charge in [-0.15, -0.1) is 11.6 Å². The van der Waals surface area contributed by atoms with Crippen molar-refractivity contribution in [1.29, 1.82) is 0 Å². The summed E-state index contributed by atoms with van der Waals surface area (Å²) >= 11 is 6.29. The Hall–Kier alpha value is -1.07. The van der Waals surface area contributed by atoms with Crippen molar-refractivity contribution in [1.82, 2.24) is 14.5 Å². The number of hydrogen-bond acceptors (Lipinski definition) is 3. The molecule has 1 aliphatic heterocycles. The number of alkyl halides is 1. The molecule has 0 saturated carbocycles. The summed E-state index contributed by atoms with van der Waals surface area (Å²) in [6.07, 6.45) is 3.37. The van der Waals surface area contributed by atoms with Crippen molar-refractivity contribution >= 4 is 17.5 Å². The Morgan fingerprint density at radius 1 is 1.44 bits per heavy atom. The van der Waals surface area contributed by atoms with E-state index in [-0.39, 0.29) is 11.9 Å². The van der Waals surface area contributed by atoms with Crippen LogP contribution in [0.1, 0.15) is 31.0 Å². The lowest BCUT2D eigenvalue weighted by Gasteiger charge is -2.29. The average Bonchev–Trinajstić information content (AvgIpc) is 2.87. The number of nitrogens with zero attached hydrogens (tertiary/aromatic N) is 3. The second-order valence-electron chi connectivity index (χ2n) is 4.62. The van der Waals surface area contributed by atoms with E-state index in [0.29, 0.717) is 26.3 Å². The number of imidazole rings is 1. The SMILES string of the molecule is CC(C)n1cncc1C(Cl)C(=O)N1CCOCC1. The smallest absolute Gasteiger partial charge is 0.246 e. The fourth-order valence-electron chi connectivity index (χ4n) is 2.01. The summed E-state index contributed by atoms with van der Waals surface area (Å²) < 4.78 is 7.15. The number of carbonyl (C=O) groups excluding carboxylic acids is 1. The zero-order chi connectivity index (χ0) is 13.1. The summed E-state index contributed by atoms with van der Waals surface area (Å²) in [5.74, 6) is -0.0673. The molecule has 1 fully saturated rings. The molecule has 0 aliphatic carbocycles. The first-order valence-corrected chi connectivity index (χ1v) is 6.57. The molecule has 1 saturated heterocycles. The van der Waals surface area contributed by atoms with Crippen LogP contribution in [0.25, 0.3) is 0 Å². The van der Waals surface area contributed by atoms with Gasteiger partial charge in [-0.2, -0.15) is 0 Å². The third-order valence-corrected chi connectivity index (χ3v) is 3.46. The quantitative estimate of drug-likeness (QED) is 0.785. The summed E-state index contributed by atoms with van der Waals surface area (Å²) in [4.78, 5) is 18.1. The summed E-state index contributed by atoms with van der Waals surface area (Å²) in [5.41, 5.74) is 0.753. The molecule has 1 amide bonds. The van der Waals surface area contributed by atoms with Crippen molar-refractivity contribution in [2.45, 2.75) is 25.3 Å². The van der Waals surface area contributed by atoms with Crippen molar-refractivity contribution in [2.75, 3.05) is 26.3 Å². The van der Waals surface area contributed by atoms with Gasteiger partial charge in [0.25, 0.3) is 0 Å². The first-order chi connectivity index (χ1) is 8.61. The topological polar surface area (TPSA) is 47.4 Å². The molecule has 1 unspecified atom stereocenters. The van der Waals surface area contributed by atoms with Crippen molar-refractivity contribution < 1.29 is 9.53 Å². The molecule has 2 rings (SSSR count). The van der Waals surface area contributed by atoms with Gasteiger partial charge >= 0.3 is 0 Å². The Bertz CT molecular complexity index is 413. The number of morpholine rings is 1. The highest BCUT2D eigenvalue weighted by molar-refractivity contribution is 6.30. The molecule has 0 N–H and O–H groups in total. The normalized spacial score (nSPS) is 18.1. The van der Waals surface area contributed by atoms with Crippen LogP contribution in [0.4, 0.5) is 0 Å². The van der Waals surface area contributed by atoms with E-state index in [0.717, 1.165) is 5.69 Å². The maximum Gasteiger partial charge on any atom is 0.246 e. The van der Waals surface area contributed by atoms with Gasteiger partial charge in [0, 0.05) is 19.1 Å². The predicted molar refractivity (Wildman–Crippen MR) is 68.6 cm³/mol. The molecule has 1 aromatic rings. The second kappa shape index (κ2) is 5.71. The summed E-state index contributed by atoms with van der Waals surface area (Å²) in [7, 11) is 0. The van der Waals surface area contributed by atoms with Gasteiger partial charge in [-0.1, -0.05) is 0 Å². The Balaban J connectivity index is 2.12. The average molecular weight is 272 g/mol. The molecule has 0 spiro atoms. The van der Waals surface area contributed by atoms with E-state index in [2.05, 4.69) is 4.98 Å². The predicted octanol–water partition coefficient (Wildman–Crippen LogP) is 1.60. The van der Waals surface area contributed by atoms with Crippen LogP contribution in [0.15, 0.2) is 12.5 Å². The van der Waals surface area contributed by atoms with Gasteiger partial charge in [0.15, 0.2) is 5.38 Å². The fourth-order valence-corrected chi connectivity index (χ4v) is 2.32. The first kappa shape index (κ1) is 13.4. The fraction of sp³-hybridized carbons (Fsp3) is 0.667. The zero-order valence-corrected chi connectivity index (χ0v) is 11.4. The van der Waals surface area contributed by atoms with Gasteiger partial charge < -0.3 is 14.2 Å². The molecule has 1 aliphatic rings. The monoisotopic (exact) mass is 271 g/mol. The van der Waals surface area contributed by atoms with Crippen LogP contribution in [0.2, 0.25) is 0 Å². The summed E-state index contributed by atoms with van der Waals surface area (Å²) in [5, 5.41) is -0.673. The zero-order valence-electron chi connectivity index (χ0n) is 10.7. The number of ether oxygens (including phenoxy) is 1. The lowest BCUT2D eigenvalue weighted by Crippen LogP contribution is -2.42.